The Labute approximate surface area is 230 Å². The summed E-state index contributed by atoms with van der Waals surface area (Å²) in [6.07, 6.45) is 0. The summed E-state index contributed by atoms with van der Waals surface area (Å²) >= 11 is 0. The van der Waals surface area contributed by atoms with Crippen LogP contribution < -0.4 is 15.7 Å². The smallest absolute Gasteiger partial charge is 0.333 e. The molecule has 0 atom stereocenters. The predicted molar refractivity (Wildman–Crippen MR) is 167 cm³/mol. The van der Waals surface area contributed by atoms with Crippen molar-refractivity contribution < 1.29 is 4.42 Å². The number of benzene rings is 6. The molecule has 0 spiro atoms. The van der Waals surface area contributed by atoms with Crippen molar-refractivity contribution in [1.29, 1.82) is 0 Å². The van der Waals surface area contributed by atoms with Crippen LogP contribution in [-0.2, 0) is 0 Å². The van der Waals surface area contributed by atoms with Crippen LogP contribution >= 0.6 is 0 Å². The van der Waals surface area contributed by atoms with E-state index >= 15 is 0 Å². The number of hydrogen-bond acceptors (Lipinski definition) is 2. The third-order valence-electron chi connectivity index (χ3n) is 8.96. The van der Waals surface area contributed by atoms with Crippen molar-refractivity contribution in [2.75, 3.05) is 4.81 Å². The second-order valence-electron chi connectivity index (χ2n) is 10.9. The van der Waals surface area contributed by atoms with Crippen LogP contribution in [0.25, 0.3) is 60.6 Å². The van der Waals surface area contributed by atoms with Gasteiger partial charge in [0.2, 0.25) is 0 Å². The first kappa shape index (κ1) is 20.7. The maximum Gasteiger partial charge on any atom is 0.333 e. The first-order valence-electron chi connectivity index (χ1n) is 13.8. The zero-order valence-electron chi connectivity index (χ0n) is 21.5. The average molecular weight is 508 g/mol. The van der Waals surface area contributed by atoms with E-state index in [4.69, 9.17) is 4.42 Å². The van der Waals surface area contributed by atoms with E-state index in [1.165, 1.54) is 55.4 Å². The molecule has 0 saturated heterocycles. The molecule has 3 nitrogen and oxygen atoms in total. The van der Waals surface area contributed by atoms with E-state index < -0.39 is 0 Å². The monoisotopic (exact) mass is 508 g/mol. The summed E-state index contributed by atoms with van der Waals surface area (Å²) in [7, 11) is 0. The molecule has 0 unspecified atom stereocenters. The molecule has 0 aliphatic carbocycles. The first-order chi connectivity index (χ1) is 19.9. The zero-order valence-corrected chi connectivity index (χ0v) is 21.5. The largest absolute Gasteiger partial charge is 0.454 e. The standard InChI is InChI=1S/C36H21BN2O/c1-2-10-22(11-3-1)39-30-17-6-4-12-23(30)25-14-9-18-31-33(25)37(39)29-16-8-15-26-27-20-21-28-24-13-5-7-19-32(24)40-36(28)35(27)38(31)34(26)29/h1-21H. The highest BCUT2D eigenvalue weighted by molar-refractivity contribution is 6.93. The van der Waals surface area contributed by atoms with Gasteiger partial charge in [0.15, 0.2) is 5.58 Å². The van der Waals surface area contributed by atoms with E-state index in [-0.39, 0.29) is 6.85 Å². The van der Waals surface area contributed by atoms with Gasteiger partial charge in [0.25, 0.3) is 0 Å². The molecular weight excluding hydrogens is 487 g/mol. The quantitative estimate of drug-likeness (QED) is 0.210. The number of furan rings is 1. The fourth-order valence-electron chi connectivity index (χ4n) is 7.44. The molecule has 40 heavy (non-hydrogen) atoms. The maximum atomic E-state index is 6.63. The molecule has 2 aliphatic rings. The SMILES string of the molecule is c1ccc(N2B3c4c(cccc4-n4c5c3cccc5c3ccc5c6ccccc6oc5c34)-c3ccccc32)cc1. The Kier molecular flexibility index (Phi) is 3.75. The van der Waals surface area contributed by atoms with Gasteiger partial charge >= 0.3 is 6.85 Å². The first-order valence-corrected chi connectivity index (χ1v) is 13.8. The summed E-state index contributed by atoms with van der Waals surface area (Å²) in [5, 5.41) is 4.80. The lowest BCUT2D eigenvalue weighted by molar-refractivity contribution is 0.671. The lowest BCUT2D eigenvalue weighted by Gasteiger charge is -2.42. The van der Waals surface area contributed by atoms with Gasteiger partial charge in [-0.1, -0.05) is 91.0 Å². The zero-order chi connectivity index (χ0) is 25.9. The van der Waals surface area contributed by atoms with E-state index in [0.29, 0.717) is 0 Å². The highest BCUT2D eigenvalue weighted by Gasteiger charge is 2.43. The van der Waals surface area contributed by atoms with E-state index in [1.807, 2.05) is 6.07 Å². The minimum atomic E-state index is 0.0511. The van der Waals surface area contributed by atoms with Crippen LogP contribution in [-0.4, -0.2) is 11.4 Å². The number of fused-ring (bicyclic) bond motifs is 11. The highest BCUT2D eigenvalue weighted by atomic mass is 16.3. The van der Waals surface area contributed by atoms with Gasteiger partial charge in [-0.05, 0) is 52.9 Å². The third-order valence-corrected chi connectivity index (χ3v) is 8.96. The molecule has 0 N–H and O–H groups in total. The van der Waals surface area contributed by atoms with Crippen molar-refractivity contribution in [2.45, 2.75) is 0 Å². The second-order valence-corrected chi connectivity index (χ2v) is 10.9. The highest BCUT2D eigenvalue weighted by Crippen LogP contribution is 2.45. The van der Waals surface area contributed by atoms with Crippen molar-refractivity contribution in [2.24, 2.45) is 0 Å². The van der Waals surface area contributed by atoms with Crippen molar-refractivity contribution in [3.05, 3.63) is 127 Å². The molecule has 4 heterocycles. The molecular formula is C36H21BN2O. The summed E-state index contributed by atoms with van der Waals surface area (Å²) in [6, 6.07) is 46.2. The van der Waals surface area contributed by atoms with Crippen LogP contribution in [0.15, 0.2) is 132 Å². The second kappa shape index (κ2) is 7.25. The van der Waals surface area contributed by atoms with E-state index in [1.54, 1.807) is 0 Å². The van der Waals surface area contributed by atoms with E-state index in [0.717, 1.165) is 27.5 Å². The number of aromatic nitrogens is 1. The minimum Gasteiger partial charge on any atom is -0.454 e. The third kappa shape index (κ3) is 2.39. The summed E-state index contributed by atoms with van der Waals surface area (Å²) in [5.41, 5.74) is 13.2. The fraction of sp³-hybridized carbons (Fsp3) is 0. The number of rotatable bonds is 1. The van der Waals surface area contributed by atoms with Crippen LogP contribution in [0.2, 0.25) is 0 Å². The lowest BCUT2D eigenvalue weighted by Crippen LogP contribution is -2.60. The fourth-order valence-corrected chi connectivity index (χ4v) is 7.44. The number of hydrogen-bond donors (Lipinski definition) is 0. The van der Waals surface area contributed by atoms with Crippen LogP contribution in [0.3, 0.4) is 0 Å². The van der Waals surface area contributed by atoms with Crippen molar-refractivity contribution in [3.8, 4) is 16.8 Å². The molecule has 0 fully saturated rings. The Morgan fingerprint density at radius 3 is 2.15 bits per heavy atom. The van der Waals surface area contributed by atoms with Gasteiger partial charge in [0.05, 0.1) is 11.0 Å². The molecule has 0 amide bonds. The normalized spacial score (nSPS) is 13.4. The summed E-state index contributed by atoms with van der Waals surface area (Å²) in [4.78, 5) is 2.54. The van der Waals surface area contributed by atoms with Gasteiger partial charge in [0, 0.05) is 44.2 Å². The lowest BCUT2D eigenvalue weighted by atomic mass is 9.44. The Morgan fingerprint density at radius 1 is 0.500 bits per heavy atom. The number of para-hydroxylation sites is 4. The number of nitrogens with zero attached hydrogens (tertiary/aromatic N) is 2. The summed E-state index contributed by atoms with van der Waals surface area (Å²) < 4.78 is 9.11. The van der Waals surface area contributed by atoms with Crippen LogP contribution in [0.5, 0.6) is 0 Å². The van der Waals surface area contributed by atoms with Crippen molar-refractivity contribution in [3.63, 3.8) is 0 Å². The van der Waals surface area contributed by atoms with Crippen molar-refractivity contribution >= 4 is 72.9 Å². The molecule has 6 aromatic carbocycles. The summed E-state index contributed by atoms with van der Waals surface area (Å²) in [5.74, 6) is 0. The molecule has 184 valence electrons. The van der Waals surface area contributed by atoms with Crippen LogP contribution in [0, 0.1) is 0 Å². The van der Waals surface area contributed by atoms with Crippen LogP contribution in [0.1, 0.15) is 0 Å². The molecule has 8 aromatic rings. The molecule has 0 radical (unpaired) electrons. The Balaban J connectivity index is 1.43. The molecule has 2 aliphatic heterocycles. The van der Waals surface area contributed by atoms with Crippen molar-refractivity contribution in [1.82, 2.24) is 4.57 Å². The van der Waals surface area contributed by atoms with E-state index in [9.17, 15) is 0 Å². The van der Waals surface area contributed by atoms with Gasteiger partial charge in [-0.25, -0.2) is 0 Å². The molecule has 0 bridgehead atoms. The molecule has 10 rings (SSSR count). The maximum absolute atomic E-state index is 6.63. The minimum absolute atomic E-state index is 0.0511. The Bertz CT molecular complexity index is 2350. The van der Waals surface area contributed by atoms with Gasteiger partial charge in [-0.3, -0.25) is 0 Å². The van der Waals surface area contributed by atoms with Gasteiger partial charge in [-0.15, -0.1) is 0 Å². The Hall–Kier alpha value is -5.22. The molecule has 0 saturated carbocycles. The van der Waals surface area contributed by atoms with Crippen LogP contribution in [0.4, 0.5) is 11.4 Å². The van der Waals surface area contributed by atoms with E-state index in [2.05, 4.69) is 131 Å². The van der Waals surface area contributed by atoms with Gasteiger partial charge in [0.1, 0.15) is 5.58 Å². The Morgan fingerprint density at radius 2 is 1.20 bits per heavy atom. The predicted octanol–water partition coefficient (Wildman–Crippen LogP) is 7.92. The number of anilines is 2. The van der Waals surface area contributed by atoms with Gasteiger partial charge in [-0.2, -0.15) is 0 Å². The molecule has 2 aromatic heterocycles. The molecule has 4 heteroatoms. The summed E-state index contributed by atoms with van der Waals surface area (Å²) in [6.45, 7) is 0.0511. The average Bonchev–Trinajstić information content (AvgIpc) is 3.57. The van der Waals surface area contributed by atoms with Gasteiger partial charge < -0.3 is 13.8 Å². The topological polar surface area (TPSA) is 21.3 Å².